The first-order chi connectivity index (χ1) is 12.7. The molecular weight excluding hydrogens is 328 g/mol. The van der Waals surface area contributed by atoms with Crippen molar-refractivity contribution in [2.24, 2.45) is 0 Å². The van der Waals surface area contributed by atoms with Crippen molar-refractivity contribution in [2.75, 3.05) is 44.2 Å². The van der Waals surface area contributed by atoms with Crippen LogP contribution in [0.1, 0.15) is 23.4 Å². The first-order valence-electron chi connectivity index (χ1n) is 9.44. The molecule has 0 N–H and O–H groups in total. The second kappa shape index (κ2) is 7.60. The lowest BCUT2D eigenvalue weighted by atomic mass is 10.2. The van der Waals surface area contributed by atoms with Gasteiger partial charge in [-0.2, -0.15) is 0 Å². The molecule has 0 spiro atoms. The lowest BCUT2D eigenvalue weighted by Gasteiger charge is -2.34. The van der Waals surface area contributed by atoms with Gasteiger partial charge in [-0.25, -0.2) is 0 Å². The Morgan fingerprint density at radius 1 is 1.12 bits per heavy atom. The summed E-state index contributed by atoms with van der Waals surface area (Å²) in [6, 6.07) is 10.2. The lowest BCUT2D eigenvalue weighted by Crippen LogP contribution is -2.46. The minimum absolute atomic E-state index is 0.245. The molecule has 2 aliphatic heterocycles. The molecule has 1 saturated heterocycles. The topological polar surface area (TPSA) is 52.8 Å². The number of carbonyl (C=O) groups excluding carboxylic acids is 1. The Morgan fingerprint density at radius 2 is 1.88 bits per heavy atom. The van der Waals surface area contributed by atoms with Crippen molar-refractivity contribution in [1.82, 2.24) is 15.0 Å². The average Bonchev–Trinajstić information content (AvgIpc) is 3.27. The van der Waals surface area contributed by atoms with Gasteiger partial charge >= 0.3 is 0 Å². The monoisotopic (exact) mass is 354 g/mol. The molecule has 1 amide bonds. The Balaban J connectivity index is 1.22. The number of hydrogen-bond acceptors (Lipinski definition) is 5. The van der Waals surface area contributed by atoms with Crippen LogP contribution in [0.4, 0.5) is 5.69 Å². The van der Waals surface area contributed by atoms with Crippen molar-refractivity contribution in [3.63, 3.8) is 0 Å². The van der Waals surface area contributed by atoms with Crippen molar-refractivity contribution >= 4 is 11.6 Å². The van der Waals surface area contributed by atoms with Gasteiger partial charge in [0.25, 0.3) is 0 Å². The van der Waals surface area contributed by atoms with E-state index >= 15 is 0 Å². The summed E-state index contributed by atoms with van der Waals surface area (Å²) in [6.07, 6.45) is 1.57. The van der Waals surface area contributed by atoms with Crippen molar-refractivity contribution < 1.29 is 9.32 Å². The second-order valence-corrected chi connectivity index (χ2v) is 7.23. The summed E-state index contributed by atoms with van der Waals surface area (Å²) in [5.41, 5.74) is 3.32. The minimum Gasteiger partial charge on any atom is -0.360 e. The molecule has 0 bridgehead atoms. The first-order valence-corrected chi connectivity index (χ1v) is 9.44. The molecule has 6 heteroatoms. The number of para-hydroxylation sites is 1. The molecule has 26 heavy (non-hydrogen) atoms. The van der Waals surface area contributed by atoms with Crippen molar-refractivity contribution in [3.8, 4) is 0 Å². The fourth-order valence-corrected chi connectivity index (χ4v) is 3.87. The number of piperazine rings is 1. The molecule has 2 aromatic rings. The normalized spacial score (nSPS) is 18.3. The summed E-state index contributed by atoms with van der Waals surface area (Å²) in [7, 11) is 0. The third kappa shape index (κ3) is 3.81. The van der Waals surface area contributed by atoms with Gasteiger partial charge in [0, 0.05) is 57.4 Å². The third-order valence-corrected chi connectivity index (χ3v) is 5.35. The third-order valence-electron chi connectivity index (χ3n) is 5.35. The van der Waals surface area contributed by atoms with Gasteiger partial charge in [0.05, 0.1) is 12.2 Å². The fraction of sp³-hybridized carbons (Fsp3) is 0.500. The smallest absolute Gasteiger partial charge is 0.228 e. The van der Waals surface area contributed by atoms with Gasteiger partial charge in [0.1, 0.15) is 0 Å². The molecule has 0 aliphatic carbocycles. The van der Waals surface area contributed by atoms with Crippen LogP contribution in [0.2, 0.25) is 0 Å². The van der Waals surface area contributed by atoms with E-state index in [0.29, 0.717) is 6.42 Å². The van der Waals surface area contributed by atoms with Crippen LogP contribution >= 0.6 is 0 Å². The molecule has 0 saturated carbocycles. The Labute approximate surface area is 154 Å². The first kappa shape index (κ1) is 17.2. The van der Waals surface area contributed by atoms with Gasteiger partial charge in [-0.05, 0) is 25.0 Å². The standard InChI is InChI=1S/C20H26N4O2/c1-16-14-18(26-21-16)15-23-12-10-22(11-13-23)8-7-20(25)24-9-6-17-4-2-3-5-19(17)24/h2-5,14H,6-13,15H2,1H3. The Hall–Kier alpha value is -2.18. The number of benzene rings is 1. The molecule has 1 aromatic heterocycles. The highest BCUT2D eigenvalue weighted by Gasteiger charge is 2.25. The molecule has 1 aromatic carbocycles. The summed E-state index contributed by atoms with van der Waals surface area (Å²) >= 11 is 0. The number of amides is 1. The molecule has 0 atom stereocenters. The highest BCUT2D eigenvalue weighted by molar-refractivity contribution is 5.95. The maximum atomic E-state index is 12.6. The van der Waals surface area contributed by atoms with E-state index in [9.17, 15) is 4.79 Å². The SMILES string of the molecule is Cc1cc(CN2CCN(CCC(=O)N3CCc4ccccc43)CC2)on1. The molecule has 4 rings (SSSR count). The number of hydrogen-bond donors (Lipinski definition) is 0. The average molecular weight is 354 g/mol. The van der Waals surface area contributed by atoms with Gasteiger partial charge < -0.3 is 14.3 Å². The Bertz CT molecular complexity index is 765. The van der Waals surface area contributed by atoms with Crippen LogP contribution in [0.25, 0.3) is 0 Å². The summed E-state index contributed by atoms with van der Waals surface area (Å²) in [5.74, 6) is 1.17. The molecular formula is C20H26N4O2. The molecule has 138 valence electrons. The largest absolute Gasteiger partial charge is 0.360 e. The summed E-state index contributed by atoms with van der Waals surface area (Å²) in [4.78, 5) is 19.4. The van der Waals surface area contributed by atoms with E-state index in [1.54, 1.807) is 0 Å². The molecule has 3 heterocycles. The molecule has 1 fully saturated rings. The van der Waals surface area contributed by atoms with Crippen LogP contribution in [-0.2, 0) is 17.8 Å². The number of fused-ring (bicyclic) bond motifs is 1. The van der Waals surface area contributed by atoms with Crippen LogP contribution in [0, 0.1) is 6.92 Å². The van der Waals surface area contributed by atoms with Crippen molar-refractivity contribution in [1.29, 1.82) is 0 Å². The highest BCUT2D eigenvalue weighted by Crippen LogP contribution is 2.27. The summed E-state index contributed by atoms with van der Waals surface area (Å²) in [5, 5.41) is 3.95. The van der Waals surface area contributed by atoms with Gasteiger partial charge in [0.2, 0.25) is 5.91 Å². The van der Waals surface area contributed by atoms with E-state index in [4.69, 9.17) is 4.52 Å². The van der Waals surface area contributed by atoms with Gasteiger partial charge in [-0.1, -0.05) is 23.4 Å². The van der Waals surface area contributed by atoms with E-state index in [0.717, 1.165) is 69.4 Å². The maximum absolute atomic E-state index is 12.6. The van der Waals surface area contributed by atoms with Gasteiger partial charge in [-0.15, -0.1) is 0 Å². The molecule has 0 unspecified atom stereocenters. The zero-order valence-corrected chi connectivity index (χ0v) is 15.4. The number of aryl methyl sites for hydroxylation is 1. The summed E-state index contributed by atoms with van der Waals surface area (Å²) < 4.78 is 5.30. The van der Waals surface area contributed by atoms with Crippen LogP contribution in [0.3, 0.4) is 0 Å². The number of carbonyl (C=O) groups is 1. The number of aromatic nitrogens is 1. The quantitative estimate of drug-likeness (QED) is 0.823. The Morgan fingerprint density at radius 3 is 2.65 bits per heavy atom. The molecule has 2 aliphatic rings. The van der Waals surface area contributed by atoms with Crippen LogP contribution < -0.4 is 4.90 Å². The zero-order chi connectivity index (χ0) is 17.9. The van der Waals surface area contributed by atoms with E-state index in [2.05, 4.69) is 27.1 Å². The fourth-order valence-electron chi connectivity index (χ4n) is 3.87. The summed E-state index contributed by atoms with van der Waals surface area (Å²) in [6.45, 7) is 8.42. The minimum atomic E-state index is 0.245. The van der Waals surface area contributed by atoms with E-state index < -0.39 is 0 Å². The lowest BCUT2D eigenvalue weighted by molar-refractivity contribution is -0.118. The predicted molar refractivity (Wildman–Crippen MR) is 100 cm³/mol. The van der Waals surface area contributed by atoms with E-state index in [1.165, 1.54) is 5.56 Å². The molecule has 6 nitrogen and oxygen atoms in total. The van der Waals surface area contributed by atoms with Crippen LogP contribution in [0.5, 0.6) is 0 Å². The number of anilines is 1. The predicted octanol–water partition coefficient (Wildman–Crippen LogP) is 2.08. The van der Waals surface area contributed by atoms with E-state index in [-0.39, 0.29) is 5.91 Å². The number of rotatable bonds is 5. The van der Waals surface area contributed by atoms with Crippen LogP contribution in [0.15, 0.2) is 34.9 Å². The highest BCUT2D eigenvalue weighted by atomic mass is 16.5. The van der Waals surface area contributed by atoms with Gasteiger partial charge in [0.15, 0.2) is 5.76 Å². The second-order valence-electron chi connectivity index (χ2n) is 7.23. The molecule has 0 radical (unpaired) electrons. The van der Waals surface area contributed by atoms with Crippen molar-refractivity contribution in [2.45, 2.75) is 26.3 Å². The van der Waals surface area contributed by atoms with Crippen LogP contribution in [-0.4, -0.2) is 60.1 Å². The maximum Gasteiger partial charge on any atom is 0.228 e. The van der Waals surface area contributed by atoms with Gasteiger partial charge in [-0.3, -0.25) is 9.69 Å². The van der Waals surface area contributed by atoms with E-state index in [1.807, 2.05) is 30.0 Å². The Kier molecular flexibility index (Phi) is 5.04. The van der Waals surface area contributed by atoms with Crippen molar-refractivity contribution in [3.05, 3.63) is 47.3 Å². The number of nitrogens with zero attached hydrogens (tertiary/aromatic N) is 4. The zero-order valence-electron chi connectivity index (χ0n) is 15.4.